The van der Waals surface area contributed by atoms with Crippen molar-refractivity contribution < 1.29 is 29.2 Å². The largest absolute Gasteiger partial charge is 0.457 e. The van der Waals surface area contributed by atoms with E-state index in [4.69, 9.17) is 19.9 Å². The first-order chi connectivity index (χ1) is 17.8. The lowest BCUT2D eigenvalue weighted by atomic mass is 9.82. The van der Waals surface area contributed by atoms with Gasteiger partial charge in [0, 0.05) is 45.0 Å². The van der Waals surface area contributed by atoms with Gasteiger partial charge in [-0.15, -0.1) is 0 Å². The molecule has 2 heterocycles. The summed E-state index contributed by atoms with van der Waals surface area (Å²) in [7, 11) is 1.66. The van der Waals surface area contributed by atoms with Gasteiger partial charge in [0.2, 0.25) is 0 Å². The molecule has 2 aliphatic heterocycles. The van der Waals surface area contributed by atoms with Crippen molar-refractivity contribution in [3.8, 4) is 11.5 Å². The molecule has 4 atom stereocenters. The number of carbonyl (C=O) groups is 1. The van der Waals surface area contributed by atoms with Crippen LogP contribution in [-0.4, -0.2) is 90.8 Å². The number of benzene rings is 2. The molecule has 0 aromatic heterocycles. The number of nitrogens with two attached hydrogens (primary N) is 1. The number of aliphatic hydroxyl groups is 2. The van der Waals surface area contributed by atoms with Crippen molar-refractivity contribution in [1.82, 2.24) is 9.80 Å². The lowest BCUT2D eigenvalue weighted by molar-refractivity contribution is -0.147. The number of ether oxygens (including phenoxy) is 3. The predicted molar refractivity (Wildman–Crippen MR) is 140 cm³/mol. The molecule has 2 saturated heterocycles. The molecule has 4 N–H and O–H groups in total. The number of unbranched alkanes of at least 4 members (excludes halogenated alkanes) is 1. The van der Waals surface area contributed by atoms with E-state index in [0.717, 1.165) is 12.0 Å². The van der Waals surface area contributed by atoms with Crippen LogP contribution in [0.15, 0.2) is 48.5 Å². The third kappa shape index (κ3) is 6.25. The molecule has 9 heteroatoms. The SMILES string of the molecule is COCCCC[C@@](O)(c1ccccc1Oc1ccccc1C)C1CN(C(=O)N2C[C@@H](N)[C@@H](O)C2)CCO1. The molecule has 2 aromatic rings. The molecule has 4 rings (SSSR count). The molecule has 37 heavy (non-hydrogen) atoms. The number of carbonyl (C=O) groups excluding carboxylic acids is 1. The normalized spacial score (nSPS) is 23.6. The molecule has 0 saturated carbocycles. The van der Waals surface area contributed by atoms with Crippen molar-refractivity contribution in [2.45, 2.75) is 50.0 Å². The highest BCUT2D eigenvalue weighted by molar-refractivity contribution is 5.75. The minimum absolute atomic E-state index is 0.202. The molecule has 9 nitrogen and oxygen atoms in total. The molecule has 0 bridgehead atoms. The number of urea groups is 1. The van der Waals surface area contributed by atoms with Crippen LogP contribution in [0.4, 0.5) is 4.79 Å². The van der Waals surface area contributed by atoms with Crippen molar-refractivity contribution in [3.05, 3.63) is 59.7 Å². The summed E-state index contributed by atoms with van der Waals surface area (Å²) in [5.41, 5.74) is 6.12. The zero-order chi connectivity index (χ0) is 26.4. The van der Waals surface area contributed by atoms with Gasteiger partial charge in [0.05, 0.1) is 19.3 Å². The first kappa shape index (κ1) is 27.3. The fourth-order valence-electron chi connectivity index (χ4n) is 5.09. The minimum Gasteiger partial charge on any atom is -0.457 e. The number of methoxy groups -OCH3 is 1. The number of likely N-dealkylation sites (tertiary alicyclic amines) is 1. The van der Waals surface area contributed by atoms with Gasteiger partial charge >= 0.3 is 6.03 Å². The zero-order valence-corrected chi connectivity index (χ0v) is 21.7. The first-order valence-corrected chi connectivity index (χ1v) is 13.0. The van der Waals surface area contributed by atoms with E-state index in [-0.39, 0.29) is 19.1 Å². The second kappa shape index (κ2) is 12.2. The smallest absolute Gasteiger partial charge is 0.320 e. The third-order valence-corrected chi connectivity index (χ3v) is 7.30. The van der Waals surface area contributed by atoms with Gasteiger partial charge in [-0.25, -0.2) is 4.79 Å². The lowest BCUT2D eigenvalue weighted by Crippen LogP contribution is -2.56. The van der Waals surface area contributed by atoms with Crippen LogP contribution >= 0.6 is 0 Å². The van der Waals surface area contributed by atoms with Gasteiger partial charge in [0.25, 0.3) is 0 Å². The van der Waals surface area contributed by atoms with Gasteiger partial charge in [-0.05, 0) is 43.9 Å². The van der Waals surface area contributed by atoms with Crippen molar-refractivity contribution in [2.75, 3.05) is 46.5 Å². The number of hydrogen-bond donors (Lipinski definition) is 3. The minimum atomic E-state index is -1.41. The molecule has 2 aliphatic rings. The van der Waals surface area contributed by atoms with Crippen molar-refractivity contribution >= 4 is 6.03 Å². The molecule has 202 valence electrons. The van der Waals surface area contributed by atoms with Crippen molar-refractivity contribution in [2.24, 2.45) is 5.73 Å². The maximum Gasteiger partial charge on any atom is 0.320 e. The number of aliphatic hydroxyl groups excluding tert-OH is 1. The average Bonchev–Trinajstić information content (AvgIpc) is 3.25. The molecule has 0 spiro atoms. The Balaban J connectivity index is 1.61. The van der Waals surface area contributed by atoms with Gasteiger partial charge in [-0.3, -0.25) is 0 Å². The molecule has 2 amide bonds. The fourth-order valence-corrected chi connectivity index (χ4v) is 5.09. The van der Waals surface area contributed by atoms with Crippen LogP contribution < -0.4 is 10.5 Å². The highest BCUT2D eigenvalue weighted by Gasteiger charge is 2.45. The maximum absolute atomic E-state index is 13.3. The molecule has 0 radical (unpaired) electrons. The Morgan fingerprint density at radius 1 is 1.08 bits per heavy atom. The average molecular weight is 514 g/mol. The Bertz CT molecular complexity index is 1040. The van der Waals surface area contributed by atoms with Gasteiger partial charge in [0.15, 0.2) is 0 Å². The van der Waals surface area contributed by atoms with E-state index in [0.29, 0.717) is 56.2 Å². The molecule has 1 unspecified atom stereocenters. The van der Waals surface area contributed by atoms with E-state index >= 15 is 0 Å². The zero-order valence-electron chi connectivity index (χ0n) is 21.7. The van der Waals surface area contributed by atoms with Crippen LogP contribution in [0.3, 0.4) is 0 Å². The predicted octanol–water partition coefficient (Wildman–Crippen LogP) is 2.62. The number of hydrogen-bond acceptors (Lipinski definition) is 7. The fraction of sp³-hybridized carbons (Fsp3) is 0.536. The second-order valence-corrected chi connectivity index (χ2v) is 9.96. The quantitative estimate of drug-likeness (QED) is 0.441. The molecule has 2 aromatic carbocycles. The Morgan fingerprint density at radius 2 is 1.81 bits per heavy atom. The number of aryl methyl sites for hydroxylation is 1. The summed E-state index contributed by atoms with van der Waals surface area (Å²) in [5, 5.41) is 22.4. The highest BCUT2D eigenvalue weighted by atomic mass is 16.5. The third-order valence-electron chi connectivity index (χ3n) is 7.30. The second-order valence-electron chi connectivity index (χ2n) is 9.96. The lowest BCUT2D eigenvalue weighted by Gasteiger charge is -2.43. The summed E-state index contributed by atoms with van der Waals surface area (Å²) in [6.07, 6.45) is 0.479. The summed E-state index contributed by atoms with van der Waals surface area (Å²) in [6.45, 7) is 3.97. The van der Waals surface area contributed by atoms with E-state index in [1.807, 2.05) is 55.5 Å². The number of amides is 2. The summed E-state index contributed by atoms with van der Waals surface area (Å²) >= 11 is 0. The standard InChI is InChI=1S/C28H39N3O6/c1-20-9-3-5-11-24(20)37-25-12-6-4-10-21(25)28(34,13-7-8-15-35-2)26-19-30(14-16-36-26)27(33)31-17-22(29)23(32)18-31/h3-6,9-12,22-23,26,32,34H,7-8,13-19,29H2,1-2H3/t22-,23+,26?,28-/m1/s1. The monoisotopic (exact) mass is 513 g/mol. The summed E-state index contributed by atoms with van der Waals surface area (Å²) in [5.74, 6) is 1.26. The van der Waals surface area contributed by atoms with Crippen LogP contribution in [0.2, 0.25) is 0 Å². The van der Waals surface area contributed by atoms with E-state index in [1.54, 1.807) is 16.9 Å². The highest BCUT2D eigenvalue weighted by Crippen LogP contribution is 2.41. The Hall–Kier alpha value is -2.69. The summed E-state index contributed by atoms with van der Waals surface area (Å²) in [4.78, 5) is 16.5. The first-order valence-electron chi connectivity index (χ1n) is 13.0. The molecule has 2 fully saturated rings. The topological polar surface area (TPSA) is 118 Å². The van der Waals surface area contributed by atoms with Crippen molar-refractivity contribution in [3.63, 3.8) is 0 Å². The van der Waals surface area contributed by atoms with Crippen LogP contribution in [0.25, 0.3) is 0 Å². The Kier molecular flexibility index (Phi) is 9.04. The van der Waals surface area contributed by atoms with E-state index in [9.17, 15) is 15.0 Å². The molecular formula is C28H39N3O6. The Labute approximate surface area is 218 Å². The summed E-state index contributed by atoms with van der Waals surface area (Å²) in [6, 6.07) is 14.5. The molecular weight excluding hydrogens is 474 g/mol. The van der Waals surface area contributed by atoms with Crippen molar-refractivity contribution in [1.29, 1.82) is 0 Å². The number of rotatable bonds is 9. The van der Waals surface area contributed by atoms with Gasteiger partial charge in [-0.1, -0.05) is 36.4 Å². The maximum atomic E-state index is 13.3. The van der Waals surface area contributed by atoms with Crippen LogP contribution in [0.1, 0.15) is 30.4 Å². The number of para-hydroxylation sites is 2. The van der Waals surface area contributed by atoms with Crippen LogP contribution in [0, 0.1) is 6.92 Å². The number of β-amino-alcohol motifs (C(OH)–C–C–N with tert-alkyl or cyclic N) is 1. The molecule has 0 aliphatic carbocycles. The summed E-state index contributed by atoms with van der Waals surface area (Å²) < 4.78 is 17.7. The Morgan fingerprint density at radius 3 is 2.51 bits per heavy atom. The number of morpholine rings is 1. The van der Waals surface area contributed by atoms with Crippen LogP contribution in [-0.2, 0) is 15.1 Å². The number of nitrogens with zero attached hydrogens (tertiary/aromatic N) is 2. The van der Waals surface area contributed by atoms with E-state index < -0.39 is 23.9 Å². The van der Waals surface area contributed by atoms with Gasteiger partial charge in [-0.2, -0.15) is 0 Å². The van der Waals surface area contributed by atoms with E-state index in [2.05, 4.69) is 0 Å². The van der Waals surface area contributed by atoms with Crippen LogP contribution in [0.5, 0.6) is 11.5 Å². The van der Waals surface area contributed by atoms with Gasteiger partial charge in [0.1, 0.15) is 23.2 Å². The van der Waals surface area contributed by atoms with Gasteiger partial charge < -0.3 is 40.0 Å². The van der Waals surface area contributed by atoms with E-state index in [1.165, 1.54) is 0 Å².